The van der Waals surface area contributed by atoms with Crippen LogP contribution < -0.4 is 5.32 Å². The Morgan fingerprint density at radius 3 is 2.29 bits per heavy atom. The number of carboxylic acid groups (broad SMARTS) is 1. The van der Waals surface area contributed by atoms with E-state index in [1.165, 1.54) is 7.11 Å². The van der Waals surface area contributed by atoms with Crippen LogP contribution in [0.25, 0.3) is 11.1 Å². The summed E-state index contributed by atoms with van der Waals surface area (Å²) in [7, 11) is 1.46. The van der Waals surface area contributed by atoms with Gasteiger partial charge in [0.15, 0.2) is 0 Å². The summed E-state index contributed by atoms with van der Waals surface area (Å²) in [6.07, 6.45) is 1.38. The molecule has 2 aromatic carbocycles. The van der Waals surface area contributed by atoms with Crippen molar-refractivity contribution in [2.24, 2.45) is 11.3 Å². The summed E-state index contributed by atoms with van der Waals surface area (Å²) in [6.45, 7) is 0.611. The number of rotatable bonds is 8. The molecule has 2 N–H and O–H groups in total. The van der Waals surface area contributed by atoms with Gasteiger partial charge in [0.25, 0.3) is 0 Å². The number of hydrogen-bond donors (Lipinski definition) is 2. The molecule has 0 aromatic heterocycles. The van der Waals surface area contributed by atoms with Gasteiger partial charge >= 0.3 is 12.1 Å². The van der Waals surface area contributed by atoms with E-state index in [2.05, 4.69) is 29.6 Å². The zero-order valence-electron chi connectivity index (χ0n) is 19.7. The van der Waals surface area contributed by atoms with Crippen molar-refractivity contribution >= 4 is 18.0 Å². The number of nitrogens with zero attached hydrogens (tertiary/aromatic N) is 1. The molecule has 0 spiro atoms. The molecule has 2 aromatic rings. The molecule has 3 aliphatic rings. The van der Waals surface area contributed by atoms with Gasteiger partial charge in [0.2, 0.25) is 5.91 Å². The van der Waals surface area contributed by atoms with Gasteiger partial charge in [0.05, 0.1) is 6.61 Å². The van der Waals surface area contributed by atoms with Crippen LogP contribution in [0.2, 0.25) is 0 Å². The van der Waals surface area contributed by atoms with Crippen LogP contribution in [0.3, 0.4) is 0 Å². The van der Waals surface area contributed by atoms with Gasteiger partial charge in [0, 0.05) is 26.1 Å². The van der Waals surface area contributed by atoms with Crippen LogP contribution in [0.15, 0.2) is 48.5 Å². The second-order valence-corrected chi connectivity index (χ2v) is 9.81. The van der Waals surface area contributed by atoms with Crippen molar-refractivity contribution in [3.63, 3.8) is 0 Å². The maximum Gasteiger partial charge on any atom is 0.407 e. The Balaban J connectivity index is 1.24. The number of hydrogen-bond acceptors (Lipinski definition) is 5. The Hall–Kier alpha value is -3.39. The molecule has 1 heterocycles. The molecule has 35 heavy (non-hydrogen) atoms. The molecule has 2 aliphatic carbocycles. The van der Waals surface area contributed by atoms with E-state index in [1.54, 1.807) is 4.90 Å². The smallest absolute Gasteiger partial charge is 0.407 e. The monoisotopic (exact) mass is 478 g/mol. The quantitative estimate of drug-likeness (QED) is 0.604. The standard InChI is InChI=1S/C27H30N2O6/c1-34-16-27(25(31)32)12-13-29(15-27)24(30)23(17-10-11-17)28-26(33)35-14-22-20-8-4-2-6-18(20)19-7-3-5-9-21(19)22/h2-9,17,22-23H,10-16H2,1H3,(H,28,33)(H,31,32). The Bertz CT molecular complexity index is 1100. The van der Waals surface area contributed by atoms with E-state index in [4.69, 9.17) is 9.47 Å². The van der Waals surface area contributed by atoms with Crippen LogP contribution in [0.1, 0.15) is 36.3 Å². The summed E-state index contributed by atoms with van der Waals surface area (Å²) in [5, 5.41) is 12.5. The second kappa shape index (κ2) is 9.34. The van der Waals surface area contributed by atoms with Crippen molar-refractivity contribution in [2.45, 2.75) is 31.2 Å². The number of carbonyl (C=O) groups excluding carboxylic acids is 2. The number of methoxy groups -OCH3 is 1. The first kappa shape index (κ1) is 23.4. The molecule has 1 saturated carbocycles. The van der Waals surface area contributed by atoms with Crippen LogP contribution in [0, 0.1) is 11.3 Å². The van der Waals surface area contributed by atoms with Crippen molar-refractivity contribution in [3.05, 3.63) is 59.7 Å². The van der Waals surface area contributed by atoms with Gasteiger partial charge in [-0.05, 0) is 47.4 Å². The summed E-state index contributed by atoms with van der Waals surface area (Å²) < 4.78 is 10.8. The van der Waals surface area contributed by atoms with Crippen LogP contribution in [-0.2, 0) is 19.1 Å². The van der Waals surface area contributed by atoms with Crippen molar-refractivity contribution < 1.29 is 29.0 Å². The highest BCUT2D eigenvalue weighted by molar-refractivity contribution is 5.88. The third kappa shape index (κ3) is 4.38. The van der Waals surface area contributed by atoms with Crippen molar-refractivity contribution in [3.8, 4) is 11.1 Å². The second-order valence-electron chi connectivity index (χ2n) is 9.81. The number of carbonyl (C=O) groups is 3. The molecule has 2 atom stereocenters. The first-order chi connectivity index (χ1) is 16.9. The summed E-state index contributed by atoms with van der Waals surface area (Å²) >= 11 is 0. The lowest BCUT2D eigenvalue weighted by Gasteiger charge is -2.27. The van der Waals surface area contributed by atoms with E-state index < -0.39 is 23.5 Å². The molecule has 0 bridgehead atoms. The predicted molar refractivity (Wildman–Crippen MR) is 128 cm³/mol. The van der Waals surface area contributed by atoms with Crippen molar-refractivity contribution in [2.75, 3.05) is 33.4 Å². The van der Waals surface area contributed by atoms with Gasteiger partial charge in [-0.3, -0.25) is 9.59 Å². The first-order valence-electron chi connectivity index (χ1n) is 12.1. The van der Waals surface area contributed by atoms with Crippen molar-refractivity contribution in [1.82, 2.24) is 10.2 Å². The molecule has 2 unspecified atom stereocenters. The maximum atomic E-state index is 13.3. The fourth-order valence-corrected chi connectivity index (χ4v) is 5.47. The Morgan fingerprint density at radius 2 is 1.71 bits per heavy atom. The number of likely N-dealkylation sites (tertiary alicyclic amines) is 1. The summed E-state index contributed by atoms with van der Waals surface area (Å²) in [6, 6.07) is 15.5. The van der Waals surface area contributed by atoms with Gasteiger partial charge in [-0.1, -0.05) is 48.5 Å². The summed E-state index contributed by atoms with van der Waals surface area (Å²) in [5.74, 6) is -1.24. The molecule has 5 rings (SSSR count). The van der Waals surface area contributed by atoms with Gasteiger partial charge < -0.3 is 24.8 Å². The molecule has 8 nitrogen and oxygen atoms in total. The van der Waals surface area contributed by atoms with E-state index in [1.807, 2.05) is 24.3 Å². The lowest BCUT2D eigenvalue weighted by atomic mass is 9.88. The number of alkyl carbamates (subject to hydrolysis) is 1. The summed E-state index contributed by atoms with van der Waals surface area (Å²) in [4.78, 5) is 39.5. The molecule has 1 aliphatic heterocycles. The molecular formula is C27H30N2O6. The fraction of sp³-hybridized carbons (Fsp3) is 0.444. The minimum atomic E-state index is -1.11. The average Bonchev–Trinajstić information content (AvgIpc) is 3.53. The van der Waals surface area contributed by atoms with Crippen LogP contribution >= 0.6 is 0 Å². The average molecular weight is 479 g/mol. The van der Waals surface area contributed by atoms with Crippen molar-refractivity contribution in [1.29, 1.82) is 0 Å². The van der Waals surface area contributed by atoms with E-state index >= 15 is 0 Å². The van der Waals surface area contributed by atoms with E-state index in [0.29, 0.717) is 13.0 Å². The molecule has 184 valence electrons. The normalized spacial score (nSPS) is 21.8. The van der Waals surface area contributed by atoms with Crippen LogP contribution in [0.5, 0.6) is 0 Å². The largest absolute Gasteiger partial charge is 0.481 e. The SMILES string of the molecule is COCC1(C(=O)O)CCN(C(=O)C(NC(=O)OCC2c3ccccc3-c3ccccc32)C2CC2)C1. The molecular weight excluding hydrogens is 448 g/mol. The number of aliphatic carboxylic acids is 1. The Morgan fingerprint density at radius 1 is 1.09 bits per heavy atom. The lowest BCUT2D eigenvalue weighted by molar-refractivity contribution is -0.151. The molecule has 2 fully saturated rings. The van der Waals surface area contributed by atoms with Gasteiger partial charge in [-0.2, -0.15) is 0 Å². The van der Waals surface area contributed by atoms with E-state index in [-0.39, 0.29) is 37.5 Å². The van der Waals surface area contributed by atoms with Gasteiger partial charge in [-0.25, -0.2) is 4.79 Å². The van der Waals surface area contributed by atoms with E-state index in [9.17, 15) is 19.5 Å². The minimum absolute atomic E-state index is 0.0417. The number of fused-ring (bicyclic) bond motifs is 3. The number of benzene rings is 2. The Kier molecular flexibility index (Phi) is 6.23. The molecule has 8 heteroatoms. The third-order valence-corrected chi connectivity index (χ3v) is 7.52. The highest BCUT2D eigenvalue weighted by atomic mass is 16.5. The first-order valence-corrected chi connectivity index (χ1v) is 12.1. The van der Waals surface area contributed by atoms with E-state index in [0.717, 1.165) is 35.1 Å². The maximum absolute atomic E-state index is 13.3. The lowest BCUT2D eigenvalue weighted by Crippen LogP contribution is -2.50. The number of ether oxygens (including phenoxy) is 2. The predicted octanol–water partition coefficient (Wildman–Crippen LogP) is 3.25. The zero-order chi connectivity index (χ0) is 24.6. The molecule has 2 amide bonds. The zero-order valence-corrected chi connectivity index (χ0v) is 19.7. The highest BCUT2D eigenvalue weighted by Crippen LogP contribution is 2.44. The Labute approximate surface area is 204 Å². The number of nitrogens with one attached hydrogen (secondary N) is 1. The molecule has 0 radical (unpaired) electrons. The van der Waals surface area contributed by atoms with Crippen LogP contribution in [0.4, 0.5) is 4.79 Å². The number of carboxylic acids is 1. The van der Waals surface area contributed by atoms with Gasteiger partial charge in [0.1, 0.15) is 18.1 Å². The van der Waals surface area contributed by atoms with Crippen LogP contribution in [-0.4, -0.2) is 67.4 Å². The van der Waals surface area contributed by atoms with Gasteiger partial charge in [-0.15, -0.1) is 0 Å². The minimum Gasteiger partial charge on any atom is -0.481 e. The summed E-state index contributed by atoms with van der Waals surface area (Å²) in [5.41, 5.74) is 3.43. The molecule has 1 saturated heterocycles. The highest BCUT2D eigenvalue weighted by Gasteiger charge is 2.49. The fourth-order valence-electron chi connectivity index (χ4n) is 5.47. The topological polar surface area (TPSA) is 105 Å². The third-order valence-electron chi connectivity index (χ3n) is 7.52. The number of amides is 2.